The molecular formula is C18H23N3O2S. The van der Waals surface area contributed by atoms with Crippen LogP contribution in [-0.4, -0.2) is 39.8 Å². The van der Waals surface area contributed by atoms with Crippen LogP contribution in [0.5, 0.6) is 0 Å². The largest absolute Gasteiger partial charge is 0.372 e. The fraction of sp³-hybridized carbons (Fsp3) is 0.556. The molecule has 0 aromatic carbocycles. The molecule has 1 saturated heterocycles. The van der Waals surface area contributed by atoms with Crippen LogP contribution in [0.3, 0.4) is 0 Å². The van der Waals surface area contributed by atoms with Crippen molar-refractivity contribution in [3.63, 3.8) is 0 Å². The maximum absolute atomic E-state index is 12.9. The first-order valence-electron chi connectivity index (χ1n) is 8.67. The third-order valence-corrected chi connectivity index (χ3v) is 6.03. The molecule has 6 heteroatoms. The van der Waals surface area contributed by atoms with Crippen molar-refractivity contribution in [3.8, 4) is 0 Å². The average molecular weight is 345 g/mol. The van der Waals surface area contributed by atoms with E-state index < -0.39 is 0 Å². The number of thiophene rings is 1. The van der Waals surface area contributed by atoms with Crippen LogP contribution in [0.1, 0.15) is 41.4 Å². The number of hydrogen-bond acceptors (Lipinski definition) is 4. The second-order valence-electron chi connectivity index (χ2n) is 6.75. The van der Waals surface area contributed by atoms with Gasteiger partial charge >= 0.3 is 0 Å². The van der Waals surface area contributed by atoms with Crippen LogP contribution >= 0.6 is 11.3 Å². The smallest absolute Gasteiger partial charge is 0.225 e. The summed E-state index contributed by atoms with van der Waals surface area (Å²) in [4.78, 5) is 16.2. The Labute approximate surface area is 146 Å². The van der Waals surface area contributed by atoms with Crippen LogP contribution in [0.15, 0.2) is 23.8 Å². The van der Waals surface area contributed by atoms with Gasteiger partial charge in [0.2, 0.25) is 5.91 Å². The minimum atomic E-state index is -0.0607. The molecule has 0 bridgehead atoms. The number of aromatic nitrogens is 2. The zero-order chi connectivity index (χ0) is 16.5. The number of hydrogen-bond donors (Lipinski definition) is 0. The highest BCUT2D eigenvalue weighted by Gasteiger charge is 2.32. The van der Waals surface area contributed by atoms with Gasteiger partial charge in [-0.3, -0.25) is 9.48 Å². The van der Waals surface area contributed by atoms with Gasteiger partial charge in [0.15, 0.2) is 0 Å². The molecule has 2 aromatic heterocycles. The predicted octanol–water partition coefficient (Wildman–Crippen LogP) is 2.95. The number of rotatable bonds is 4. The summed E-state index contributed by atoms with van der Waals surface area (Å²) in [7, 11) is 0. The number of carbonyl (C=O) groups is 1. The highest BCUT2D eigenvalue weighted by molar-refractivity contribution is 7.10. The van der Waals surface area contributed by atoms with Gasteiger partial charge in [0.1, 0.15) is 6.10 Å². The van der Waals surface area contributed by atoms with Crippen molar-refractivity contribution < 1.29 is 9.53 Å². The molecule has 4 rings (SSSR count). The zero-order valence-corrected chi connectivity index (χ0v) is 14.8. The highest BCUT2D eigenvalue weighted by Crippen LogP contribution is 2.35. The summed E-state index contributed by atoms with van der Waals surface area (Å²) in [6, 6.07) is 2.42. The summed E-state index contributed by atoms with van der Waals surface area (Å²) in [6.07, 6.45) is 7.41. The summed E-state index contributed by atoms with van der Waals surface area (Å²) in [5.74, 6) is 0.215. The van der Waals surface area contributed by atoms with Gasteiger partial charge in [-0.05, 0) is 48.8 Å². The fourth-order valence-electron chi connectivity index (χ4n) is 3.79. The molecule has 0 N–H and O–H groups in total. The van der Waals surface area contributed by atoms with Gasteiger partial charge in [0.25, 0.3) is 0 Å². The monoisotopic (exact) mass is 345 g/mol. The van der Waals surface area contributed by atoms with Crippen molar-refractivity contribution in [1.29, 1.82) is 0 Å². The number of nitrogens with zero attached hydrogens (tertiary/aromatic N) is 3. The van der Waals surface area contributed by atoms with E-state index in [1.807, 2.05) is 28.9 Å². The predicted molar refractivity (Wildman–Crippen MR) is 93.0 cm³/mol. The van der Waals surface area contributed by atoms with Crippen LogP contribution < -0.4 is 0 Å². The molecule has 5 nitrogen and oxygen atoms in total. The zero-order valence-electron chi connectivity index (χ0n) is 14.0. The molecule has 0 radical (unpaired) electrons. The summed E-state index contributed by atoms with van der Waals surface area (Å²) < 4.78 is 7.85. The van der Waals surface area contributed by atoms with Gasteiger partial charge in [-0.1, -0.05) is 0 Å². The minimum Gasteiger partial charge on any atom is -0.372 e. The molecule has 24 heavy (non-hydrogen) atoms. The van der Waals surface area contributed by atoms with Gasteiger partial charge in [0.05, 0.1) is 31.8 Å². The van der Waals surface area contributed by atoms with Gasteiger partial charge in [0, 0.05) is 17.6 Å². The maximum atomic E-state index is 12.9. The Hall–Kier alpha value is -1.66. The molecule has 1 amide bonds. The van der Waals surface area contributed by atoms with E-state index >= 15 is 0 Å². The topological polar surface area (TPSA) is 47.4 Å². The third kappa shape index (κ3) is 3.13. The van der Waals surface area contributed by atoms with Crippen LogP contribution in [0.25, 0.3) is 0 Å². The standard InChI is InChI=1S/C18H23N3O2S/c1-13-10-19-20(11-13)12-15-3-2-6-21(15)17(22)9-16-18-14(4-7-23-16)5-8-24-18/h5,8,10-11,15-16H,2-4,6-7,9,12H2,1H3/t15-,16+/m0/s1. The quantitative estimate of drug-likeness (QED) is 0.856. The fourth-order valence-corrected chi connectivity index (χ4v) is 4.79. The van der Waals surface area contributed by atoms with E-state index in [0.29, 0.717) is 6.42 Å². The molecule has 0 aliphatic carbocycles. The number of likely N-dealkylation sites (tertiary alicyclic amines) is 1. The molecule has 4 heterocycles. The lowest BCUT2D eigenvalue weighted by Gasteiger charge is -2.28. The number of ether oxygens (including phenoxy) is 1. The molecule has 0 spiro atoms. The molecular weight excluding hydrogens is 322 g/mol. The molecule has 0 unspecified atom stereocenters. The average Bonchev–Trinajstić information content (AvgIpc) is 3.29. The van der Waals surface area contributed by atoms with Crippen LogP contribution in [-0.2, 0) is 22.5 Å². The molecule has 128 valence electrons. The first kappa shape index (κ1) is 15.8. The second kappa shape index (κ2) is 6.69. The molecule has 0 saturated carbocycles. The van der Waals surface area contributed by atoms with Crippen molar-refractivity contribution in [1.82, 2.24) is 14.7 Å². The highest BCUT2D eigenvalue weighted by atomic mass is 32.1. The lowest BCUT2D eigenvalue weighted by Crippen LogP contribution is -2.39. The van der Waals surface area contributed by atoms with E-state index in [-0.39, 0.29) is 18.1 Å². The SMILES string of the molecule is Cc1cnn(C[C@@H]2CCCN2C(=O)C[C@H]2OCCc3ccsc32)c1. The lowest BCUT2D eigenvalue weighted by atomic mass is 10.0. The van der Waals surface area contributed by atoms with Gasteiger partial charge in [-0.2, -0.15) is 5.10 Å². The van der Waals surface area contributed by atoms with Gasteiger partial charge in [-0.15, -0.1) is 11.3 Å². The Morgan fingerprint density at radius 2 is 2.42 bits per heavy atom. The van der Waals surface area contributed by atoms with Gasteiger partial charge < -0.3 is 9.64 Å². The first-order valence-corrected chi connectivity index (χ1v) is 9.55. The normalized spacial score (nSPS) is 23.5. The number of carbonyl (C=O) groups excluding carboxylic acids is 1. The van der Waals surface area contributed by atoms with Gasteiger partial charge in [-0.25, -0.2) is 0 Å². The number of fused-ring (bicyclic) bond motifs is 1. The van der Waals surface area contributed by atoms with E-state index in [0.717, 1.165) is 44.5 Å². The van der Waals surface area contributed by atoms with E-state index in [2.05, 4.69) is 16.5 Å². The molecule has 1 fully saturated rings. The maximum Gasteiger partial charge on any atom is 0.225 e. The second-order valence-corrected chi connectivity index (χ2v) is 7.69. The van der Waals surface area contributed by atoms with Crippen LogP contribution in [0, 0.1) is 6.92 Å². The Morgan fingerprint density at radius 3 is 3.25 bits per heavy atom. The van der Waals surface area contributed by atoms with Crippen molar-refractivity contribution in [3.05, 3.63) is 39.8 Å². The minimum absolute atomic E-state index is 0.0607. The summed E-state index contributed by atoms with van der Waals surface area (Å²) in [5, 5.41) is 6.47. The van der Waals surface area contributed by atoms with E-state index in [4.69, 9.17) is 4.74 Å². The summed E-state index contributed by atoms with van der Waals surface area (Å²) in [5.41, 5.74) is 2.51. The Kier molecular flexibility index (Phi) is 4.41. The van der Waals surface area contributed by atoms with E-state index in [1.165, 1.54) is 10.4 Å². The third-order valence-electron chi connectivity index (χ3n) is 4.98. The Balaban J connectivity index is 1.42. The first-order chi connectivity index (χ1) is 11.7. The van der Waals surface area contributed by atoms with Crippen LogP contribution in [0.2, 0.25) is 0 Å². The number of amides is 1. The number of aryl methyl sites for hydroxylation is 1. The summed E-state index contributed by atoms with van der Waals surface area (Å²) >= 11 is 1.71. The lowest BCUT2D eigenvalue weighted by molar-refractivity contribution is -0.135. The van der Waals surface area contributed by atoms with Crippen LogP contribution in [0.4, 0.5) is 0 Å². The van der Waals surface area contributed by atoms with Crippen molar-refractivity contribution in [2.45, 2.75) is 51.3 Å². The Bertz CT molecular complexity index is 723. The van der Waals surface area contributed by atoms with Crippen molar-refractivity contribution in [2.24, 2.45) is 0 Å². The molecule has 2 aliphatic rings. The Morgan fingerprint density at radius 1 is 1.50 bits per heavy atom. The molecule has 2 atom stereocenters. The van der Waals surface area contributed by atoms with Crippen molar-refractivity contribution in [2.75, 3.05) is 13.2 Å². The summed E-state index contributed by atoms with van der Waals surface area (Å²) in [6.45, 7) is 4.40. The molecule has 2 aliphatic heterocycles. The van der Waals surface area contributed by atoms with E-state index in [1.54, 1.807) is 11.3 Å². The van der Waals surface area contributed by atoms with Crippen molar-refractivity contribution >= 4 is 17.2 Å². The molecule has 2 aromatic rings. The van der Waals surface area contributed by atoms with E-state index in [9.17, 15) is 4.79 Å².